The van der Waals surface area contributed by atoms with Crippen molar-refractivity contribution in [3.8, 4) is 0 Å². The molecule has 124 valence electrons. The number of hydrogen-bond donors (Lipinski definition) is 1. The molecule has 0 saturated carbocycles. The molecule has 1 N–H and O–H groups in total. The van der Waals surface area contributed by atoms with Crippen LogP contribution in [0.4, 0.5) is 17.6 Å². The van der Waals surface area contributed by atoms with Gasteiger partial charge in [-0.05, 0) is 30.2 Å². The molecule has 0 aliphatic carbocycles. The minimum Gasteiger partial charge on any atom is -0.341 e. The monoisotopic (exact) mass is 329 g/mol. The van der Waals surface area contributed by atoms with Crippen molar-refractivity contribution in [3.63, 3.8) is 0 Å². The predicted octanol–water partition coefficient (Wildman–Crippen LogP) is 3.14. The molecular formula is C15H15F4N3O. The van der Waals surface area contributed by atoms with Crippen molar-refractivity contribution in [2.24, 2.45) is 0 Å². The van der Waals surface area contributed by atoms with E-state index in [1.54, 1.807) is 12.4 Å². The maximum absolute atomic E-state index is 13.1. The highest BCUT2D eigenvalue weighted by Gasteiger charge is 2.41. The number of nitrogens with zero attached hydrogens (tertiary/aromatic N) is 2. The average Bonchev–Trinajstić information content (AvgIpc) is 2.88. The Hall–Kier alpha value is -2.38. The van der Waals surface area contributed by atoms with Crippen LogP contribution in [-0.4, -0.2) is 21.9 Å². The van der Waals surface area contributed by atoms with Crippen LogP contribution in [0.5, 0.6) is 0 Å². The largest absolute Gasteiger partial charge is 0.412 e. The molecule has 0 spiro atoms. The van der Waals surface area contributed by atoms with E-state index in [-0.39, 0.29) is 18.5 Å². The molecule has 0 aliphatic rings. The van der Waals surface area contributed by atoms with Crippen molar-refractivity contribution >= 4 is 5.91 Å². The van der Waals surface area contributed by atoms with E-state index in [1.165, 1.54) is 4.68 Å². The maximum Gasteiger partial charge on any atom is 0.412 e. The van der Waals surface area contributed by atoms with Crippen molar-refractivity contribution < 1.29 is 22.4 Å². The van der Waals surface area contributed by atoms with E-state index in [0.29, 0.717) is 0 Å². The molecule has 0 aliphatic heterocycles. The zero-order valence-electron chi connectivity index (χ0n) is 12.3. The van der Waals surface area contributed by atoms with Gasteiger partial charge in [0, 0.05) is 19.2 Å². The highest BCUT2D eigenvalue weighted by atomic mass is 19.4. The van der Waals surface area contributed by atoms with Gasteiger partial charge in [0.2, 0.25) is 5.91 Å². The van der Waals surface area contributed by atoms with Crippen LogP contribution in [0.1, 0.15) is 23.6 Å². The van der Waals surface area contributed by atoms with E-state index in [4.69, 9.17) is 0 Å². The molecule has 0 fully saturated rings. The lowest BCUT2D eigenvalue weighted by Gasteiger charge is -2.22. The van der Waals surface area contributed by atoms with Crippen LogP contribution >= 0.6 is 0 Å². The topological polar surface area (TPSA) is 46.9 Å². The van der Waals surface area contributed by atoms with E-state index >= 15 is 0 Å². The van der Waals surface area contributed by atoms with Gasteiger partial charge in [-0.3, -0.25) is 9.48 Å². The van der Waals surface area contributed by atoms with Gasteiger partial charge in [-0.15, -0.1) is 0 Å². The molecule has 2 aromatic rings. The fourth-order valence-electron chi connectivity index (χ4n) is 2.05. The third-order valence-corrected chi connectivity index (χ3v) is 3.17. The standard InChI is InChI=1S/C15H15F4N3O/c1-10-8-20-22(9-10)7-6-13(23)21-14(15(17,18)19)11-2-4-12(16)5-3-11/h2-5,8-9,14H,6-7H2,1H3,(H,21,23). The second-order valence-electron chi connectivity index (χ2n) is 5.12. The van der Waals surface area contributed by atoms with Crippen molar-refractivity contribution in [1.29, 1.82) is 0 Å². The summed E-state index contributed by atoms with van der Waals surface area (Å²) in [5, 5.41) is 5.90. The van der Waals surface area contributed by atoms with Gasteiger partial charge in [0.1, 0.15) is 5.82 Å². The van der Waals surface area contributed by atoms with Gasteiger partial charge < -0.3 is 5.32 Å². The number of benzene rings is 1. The molecule has 0 bridgehead atoms. The van der Waals surface area contributed by atoms with Crippen molar-refractivity contribution in [1.82, 2.24) is 15.1 Å². The Labute approximate surface area is 130 Å². The highest BCUT2D eigenvalue weighted by molar-refractivity contribution is 5.76. The first-order valence-corrected chi connectivity index (χ1v) is 6.86. The summed E-state index contributed by atoms with van der Waals surface area (Å²) in [5.74, 6) is -1.40. The lowest BCUT2D eigenvalue weighted by Crippen LogP contribution is -2.38. The number of carbonyl (C=O) groups excluding carboxylic acids is 1. The first kappa shape index (κ1) is 17.0. The second-order valence-corrected chi connectivity index (χ2v) is 5.12. The molecule has 1 aromatic carbocycles. The molecule has 1 heterocycles. The number of aryl methyl sites for hydroxylation is 2. The fourth-order valence-corrected chi connectivity index (χ4v) is 2.05. The van der Waals surface area contributed by atoms with Gasteiger partial charge in [0.15, 0.2) is 6.04 Å². The third-order valence-electron chi connectivity index (χ3n) is 3.17. The van der Waals surface area contributed by atoms with Crippen molar-refractivity contribution in [2.75, 3.05) is 0 Å². The highest BCUT2D eigenvalue weighted by Crippen LogP contribution is 2.32. The van der Waals surface area contributed by atoms with Crippen LogP contribution in [0.2, 0.25) is 0 Å². The molecular weight excluding hydrogens is 314 g/mol. The molecule has 0 saturated heterocycles. The predicted molar refractivity (Wildman–Crippen MR) is 74.9 cm³/mol. The minimum atomic E-state index is -4.67. The number of nitrogens with one attached hydrogen (secondary N) is 1. The van der Waals surface area contributed by atoms with Crippen LogP contribution in [0, 0.1) is 12.7 Å². The Balaban J connectivity index is 2.02. The second kappa shape index (κ2) is 6.80. The normalized spacial score (nSPS) is 12.9. The van der Waals surface area contributed by atoms with Crippen LogP contribution in [0.15, 0.2) is 36.7 Å². The quantitative estimate of drug-likeness (QED) is 0.857. The SMILES string of the molecule is Cc1cnn(CCC(=O)NC(c2ccc(F)cc2)C(F)(F)F)c1. The smallest absolute Gasteiger partial charge is 0.341 e. The maximum atomic E-state index is 13.1. The van der Waals surface area contributed by atoms with Crippen LogP contribution in [0.25, 0.3) is 0 Å². The van der Waals surface area contributed by atoms with Crippen LogP contribution in [0.3, 0.4) is 0 Å². The first-order valence-electron chi connectivity index (χ1n) is 6.86. The van der Waals surface area contributed by atoms with Gasteiger partial charge in [-0.25, -0.2) is 4.39 Å². The lowest BCUT2D eigenvalue weighted by atomic mass is 10.1. The Morgan fingerprint density at radius 3 is 2.48 bits per heavy atom. The van der Waals surface area contributed by atoms with E-state index < -0.39 is 23.9 Å². The number of amides is 1. The number of halogens is 4. The molecule has 1 amide bonds. The number of carbonyl (C=O) groups is 1. The zero-order chi connectivity index (χ0) is 17.0. The first-order chi connectivity index (χ1) is 10.8. The fraction of sp³-hybridized carbons (Fsp3) is 0.333. The van der Waals surface area contributed by atoms with Crippen LogP contribution < -0.4 is 5.32 Å². The Bertz CT molecular complexity index is 664. The molecule has 1 unspecified atom stereocenters. The van der Waals surface area contributed by atoms with Crippen molar-refractivity contribution in [3.05, 3.63) is 53.6 Å². The average molecular weight is 329 g/mol. The van der Waals surface area contributed by atoms with Crippen molar-refractivity contribution in [2.45, 2.75) is 32.1 Å². The zero-order valence-corrected chi connectivity index (χ0v) is 12.3. The van der Waals surface area contributed by atoms with Gasteiger partial charge in [0.25, 0.3) is 0 Å². The van der Waals surface area contributed by atoms with E-state index in [2.05, 4.69) is 5.10 Å². The Kier molecular flexibility index (Phi) is 5.02. The van der Waals surface area contributed by atoms with Gasteiger partial charge in [-0.2, -0.15) is 18.3 Å². The summed E-state index contributed by atoms with van der Waals surface area (Å²) in [4.78, 5) is 11.8. The number of alkyl halides is 3. The van der Waals surface area contributed by atoms with Gasteiger partial charge >= 0.3 is 6.18 Å². The summed E-state index contributed by atoms with van der Waals surface area (Å²) in [6, 6.07) is 1.68. The van der Waals surface area contributed by atoms with E-state index in [1.807, 2.05) is 12.2 Å². The molecule has 1 atom stereocenters. The number of rotatable bonds is 5. The van der Waals surface area contributed by atoms with Gasteiger partial charge in [0.05, 0.1) is 6.20 Å². The Morgan fingerprint density at radius 2 is 1.96 bits per heavy atom. The summed E-state index contributed by atoms with van der Waals surface area (Å²) < 4.78 is 53.6. The number of hydrogen-bond acceptors (Lipinski definition) is 2. The lowest BCUT2D eigenvalue weighted by molar-refractivity contribution is -0.163. The Morgan fingerprint density at radius 1 is 1.30 bits per heavy atom. The third kappa shape index (κ3) is 4.80. The minimum absolute atomic E-state index is 0.144. The summed E-state index contributed by atoms with van der Waals surface area (Å²) >= 11 is 0. The van der Waals surface area contributed by atoms with Crippen LogP contribution in [-0.2, 0) is 11.3 Å². The van der Waals surface area contributed by atoms with Gasteiger partial charge in [-0.1, -0.05) is 12.1 Å². The number of aromatic nitrogens is 2. The summed E-state index contributed by atoms with van der Waals surface area (Å²) in [6.07, 6.45) is -1.53. The molecule has 4 nitrogen and oxygen atoms in total. The van der Waals surface area contributed by atoms with E-state index in [0.717, 1.165) is 29.8 Å². The summed E-state index contributed by atoms with van der Waals surface area (Å²) in [6.45, 7) is 1.99. The molecule has 2 rings (SSSR count). The molecule has 23 heavy (non-hydrogen) atoms. The summed E-state index contributed by atoms with van der Waals surface area (Å²) in [5.41, 5.74) is 0.673. The van der Waals surface area contributed by atoms with E-state index in [9.17, 15) is 22.4 Å². The summed E-state index contributed by atoms with van der Waals surface area (Å²) in [7, 11) is 0. The molecule has 1 aromatic heterocycles. The molecule has 0 radical (unpaired) electrons. The molecule has 8 heteroatoms.